The zero-order valence-electron chi connectivity index (χ0n) is 16.6. The van der Waals surface area contributed by atoms with E-state index >= 15 is 0 Å². The van der Waals surface area contributed by atoms with Gasteiger partial charge in [-0.15, -0.1) is 0 Å². The number of anilines is 1. The molecule has 0 spiro atoms. The minimum atomic E-state index is -2.92. The molecule has 0 amide bonds. The minimum absolute atomic E-state index is 0.0808. The van der Waals surface area contributed by atoms with Gasteiger partial charge < -0.3 is 9.88 Å². The fourth-order valence-electron chi connectivity index (χ4n) is 3.16. The Balaban J connectivity index is 2.16. The number of fused-ring (bicyclic) bond motifs is 1. The number of nitrogens with one attached hydrogen (secondary N) is 1. The van der Waals surface area contributed by atoms with E-state index in [4.69, 9.17) is 11.6 Å². The van der Waals surface area contributed by atoms with Crippen LogP contribution in [0.15, 0.2) is 28.7 Å². The van der Waals surface area contributed by atoms with Gasteiger partial charge in [0.05, 0.1) is 22.1 Å². The summed E-state index contributed by atoms with van der Waals surface area (Å²) in [5.41, 5.74) is -0.140. The Kier molecular flexibility index (Phi) is 6.51. The maximum absolute atomic E-state index is 14.6. The van der Waals surface area contributed by atoms with Gasteiger partial charge in [-0.05, 0) is 49.2 Å². The van der Waals surface area contributed by atoms with Gasteiger partial charge in [-0.2, -0.15) is 0 Å². The molecule has 0 aliphatic rings. The van der Waals surface area contributed by atoms with Crippen molar-refractivity contribution >= 4 is 56.7 Å². The predicted molar refractivity (Wildman–Crippen MR) is 119 cm³/mol. The summed E-state index contributed by atoms with van der Waals surface area (Å²) in [5, 5.41) is 4.39. The minimum Gasteiger partial charge on any atom is -0.363 e. The van der Waals surface area contributed by atoms with E-state index in [0.717, 1.165) is 6.07 Å². The van der Waals surface area contributed by atoms with E-state index in [9.17, 15) is 17.7 Å². The lowest BCUT2D eigenvalue weighted by Crippen LogP contribution is -2.14. The van der Waals surface area contributed by atoms with Crippen molar-refractivity contribution in [3.05, 3.63) is 56.5 Å². The van der Waals surface area contributed by atoms with Crippen LogP contribution in [0.1, 0.15) is 36.3 Å². The van der Waals surface area contributed by atoms with Crippen molar-refractivity contribution in [1.29, 1.82) is 0 Å². The zero-order valence-corrected chi connectivity index (χ0v) is 19.8. The van der Waals surface area contributed by atoms with Crippen molar-refractivity contribution in [3.63, 3.8) is 0 Å². The molecule has 160 valence electrons. The van der Waals surface area contributed by atoms with Crippen molar-refractivity contribution in [1.82, 2.24) is 9.97 Å². The first kappa shape index (κ1) is 23.0. The molecule has 3 aromatic rings. The molecule has 0 unspecified atom stereocenters. The number of alkyl halides is 2. The van der Waals surface area contributed by atoms with Crippen LogP contribution in [0.4, 0.5) is 19.0 Å². The molecule has 30 heavy (non-hydrogen) atoms. The summed E-state index contributed by atoms with van der Waals surface area (Å²) in [6.45, 7) is 6.55. The third-order valence-electron chi connectivity index (χ3n) is 4.66. The summed E-state index contributed by atoms with van der Waals surface area (Å²) in [6.07, 6.45) is -2.92. The monoisotopic (exact) mass is 519 g/mol. The molecule has 2 aromatic carbocycles. The lowest BCUT2D eigenvalue weighted by Gasteiger charge is -2.20. The molecule has 0 fully saturated rings. The van der Waals surface area contributed by atoms with Gasteiger partial charge in [0.1, 0.15) is 24.6 Å². The third kappa shape index (κ3) is 4.36. The Labute approximate surface area is 185 Å². The summed E-state index contributed by atoms with van der Waals surface area (Å²) in [6, 6.07) is 4.90. The standard InChI is InChI=1S/C20H19BrClF3N3OP/c1-9(11-6-5-7-12(17(11)23)19(24)25)26-20-13-8-14(30(3,4)29)15(21)16(22)18(13)27-10(2)28-20/h5-9,19H,1-4H3,(H,26,27,28)/t9-/m1/s1. The SMILES string of the molecule is Cc1nc(N[C@H](C)c2cccc(C(F)F)c2F)c2cc(P(C)(C)=O)c(Br)c(Cl)c2n1. The van der Waals surface area contributed by atoms with E-state index in [1.165, 1.54) is 12.1 Å². The van der Waals surface area contributed by atoms with Gasteiger partial charge in [0.2, 0.25) is 0 Å². The fourth-order valence-corrected chi connectivity index (χ4v) is 6.08. The first-order valence-corrected chi connectivity index (χ1v) is 12.7. The first-order chi connectivity index (χ1) is 13.9. The van der Waals surface area contributed by atoms with E-state index in [-0.39, 0.29) is 5.56 Å². The molecular formula is C20H19BrClF3N3OP. The second-order valence-corrected chi connectivity index (χ2v) is 11.7. The summed E-state index contributed by atoms with van der Waals surface area (Å²) in [4.78, 5) is 8.77. The molecule has 10 heteroatoms. The Morgan fingerprint density at radius 2 is 1.83 bits per heavy atom. The summed E-state index contributed by atoms with van der Waals surface area (Å²) >= 11 is 9.89. The van der Waals surface area contributed by atoms with Crippen molar-refractivity contribution in [2.45, 2.75) is 26.3 Å². The van der Waals surface area contributed by atoms with Crippen LogP contribution in [0.5, 0.6) is 0 Å². The Morgan fingerprint density at radius 1 is 1.20 bits per heavy atom. The number of rotatable bonds is 5. The predicted octanol–water partition coefficient (Wildman–Crippen LogP) is 6.85. The van der Waals surface area contributed by atoms with Crippen LogP contribution < -0.4 is 10.6 Å². The normalized spacial score (nSPS) is 13.1. The van der Waals surface area contributed by atoms with Crippen LogP contribution in [-0.2, 0) is 4.57 Å². The Morgan fingerprint density at radius 3 is 2.43 bits per heavy atom. The van der Waals surface area contributed by atoms with Crippen LogP contribution in [0.25, 0.3) is 10.9 Å². The molecule has 1 heterocycles. The smallest absolute Gasteiger partial charge is 0.266 e. The molecule has 1 atom stereocenters. The van der Waals surface area contributed by atoms with Gasteiger partial charge in [0.25, 0.3) is 6.43 Å². The molecule has 3 rings (SSSR count). The largest absolute Gasteiger partial charge is 0.363 e. The molecule has 0 aliphatic carbocycles. The number of hydrogen-bond donors (Lipinski definition) is 1. The molecule has 0 aliphatic heterocycles. The number of hydrogen-bond acceptors (Lipinski definition) is 4. The van der Waals surface area contributed by atoms with E-state index in [2.05, 4.69) is 31.2 Å². The first-order valence-electron chi connectivity index (χ1n) is 8.96. The highest BCUT2D eigenvalue weighted by molar-refractivity contribution is 9.10. The second kappa shape index (κ2) is 8.48. The van der Waals surface area contributed by atoms with E-state index < -0.39 is 31.0 Å². The summed E-state index contributed by atoms with van der Waals surface area (Å²) in [5.74, 6) is -0.205. The molecule has 0 bridgehead atoms. The lowest BCUT2D eigenvalue weighted by atomic mass is 10.0. The average Bonchev–Trinajstić information content (AvgIpc) is 2.63. The molecular weight excluding hydrogens is 502 g/mol. The van der Waals surface area contributed by atoms with Gasteiger partial charge in [-0.25, -0.2) is 23.1 Å². The molecule has 0 radical (unpaired) electrons. The van der Waals surface area contributed by atoms with Crippen LogP contribution in [0.3, 0.4) is 0 Å². The maximum Gasteiger partial charge on any atom is 0.266 e. The van der Waals surface area contributed by atoms with E-state index in [1.807, 2.05) is 0 Å². The van der Waals surface area contributed by atoms with Gasteiger partial charge in [-0.3, -0.25) is 0 Å². The van der Waals surface area contributed by atoms with Crippen molar-refractivity contribution in [3.8, 4) is 0 Å². The van der Waals surface area contributed by atoms with Gasteiger partial charge >= 0.3 is 0 Å². The quantitative estimate of drug-likeness (QED) is 0.374. The van der Waals surface area contributed by atoms with E-state index in [0.29, 0.717) is 37.3 Å². The lowest BCUT2D eigenvalue weighted by molar-refractivity contribution is 0.146. The highest BCUT2D eigenvalue weighted by atomic mass is 79.9. The molecule has 0 saturated heterocycles. The molecule has 0 saturated carbocycles. The number of halogens is 5. The second-order valence-electron chi connectivity index (χ2n) is 7.31. The van der Waals surface area contributed by atoms with E-state index in [1.54, 1.807) is 33.2 Å². The van der Waals surface area contributed by atoms with Crippen LogP contribution in [0, 0.1) is 12.7 Å². The summed E-state index contributed by atoms with van der Waals surface area (Å²) < 4.78 is 54.0. The Bertz CT molecular complexity index is 1190. The van der Waals surface area contributed by atoms with Crippen LogP contribution in [0.2, 0.25) is 5.02 Å². The van der Waals surface area contributed by atoms with Crippen molar-refractivity contribution in [2.24, 2.45) is 0 Å². The number of aromatic nitrogens is 2. The fraction of sp³-hybridized carbons (Fsp3) is 0.300. The average molecular weight is 521 g/mol. The number of aryl methyl sites for hydroxylation is 1. The highest BCUT2D eigenvalue weighted by Gasteiger charge is 2.24. The van der Waals surface area contributed by atoms with Crippen LogP contribution in [-0.4, -0.2) is 23.3 Å². The molecule has 4 nitrogen and oxygen atoms in total. The zero-order chi connectivity index (χ0) is 22.4. The van der Waals surface area contributed by atoms with Gasteiger partial charge in [-0.1, -0.05) is 29.8 Å². The molecule has 1 N–H and O–H groups in total. The van der Waals surface area contributed by atoms with Crippen LogP contribution >= 0.6 is 34.7 Å². The van der Waals surface area contributed by atoms with Crippen molar-refractivity contribution < 1.29 is 17.7 Å². The van der Waals surface area contributed by atoms with Crippen molar-refractivity contribution in [2.75, 3.05) is 18.6 Å². The van der Waals surface area contributed by atoms with Gasteiger partial charge in [0.15, 0.2) is 0 Å². The Hall–Kier alpha value is -1.63. The third-order valence-corrected chi connectivity index (χ3v) is 7.90. The number of benzene rings is 2. The van der Waals surface area contributed by atoms with Gasteiger partial charge in [0, 0.05) is 20.7 Å². The summed E-state index contributed by atoms with van der Waals surface area (Å²) in [7, 11) is -2.69. The molecule has 1 aromatic heterocycles. The highest BCUT2D eigenvalue weighted by Crippen LogP contribution is 2.43. The topological polar surface area (TPSA) is 54.9 Å². The maximum atomic E-state index is 14.6. The number of nitrogens with zero attached hydrogens (tertiary/aromatic N) is 2.